The van der Waals surface area contributed by atoms with Crippen LogP contribution in [0.4, 0.5) is 4.39 Å². The molecule has 1 aromatic carbocycles. The van der Waals surface area contributed by atoms with Crippen LogP contribution in [-0.2, 0) is 14.3 Å². The summed E-state index contributed by atoms with van der Waals surface area (Å²) >= 11 is 0. The predicted octanol–water partition coefficient (Wildman–Crippen LogP) is 2.14. The second-order valence-corrected chi connectivity index (χ2v) is 6.23. The number of nitrogens with one attached hydrogen (secondary N) is 1. The van der Waals surface area contributed by atoms with Gasteiger partial charge in [-0.3, -0.25) is 14.4 Å². The van der Waals surface area contributed by atoms with Crippen molar-refractivity contribution in [3.63, 3.8) is 0 Å². The molecule has 7 heteroatoms. The molecule has 6 nitrogen and oxygen atoms in total. The van der Waals surface area contributed by atoms with E-state index in [-0.39, 0.29) is 24.5 Å². The molecule has 1 saturated carbocycles. The molecule has 0 aliphatic heterocycles. The first-order valence-electron chi connectivity index (χ1n) is 8.00. The summed E-state index contributed by atoms with van der Waals surface area (Å²) < 4.78 is 17.6. The van der Waals surface area contributed by atoms with Crippen molar-refractivity contribution < 1.29 is 23.5 Å². The number of benzene rings is 1. The summed E-state index contributed by atoms with van der Waals surface area (Å²) in [5, 5.41) is 11.7. The van der Waals surface area contributed by atoms with Crippen LogP contribution in [0.5, 0.6) is 0 Å². The summed E-state index contributed by atoms with van der Waals surface area (Å²) in [7, 11) is 0. The molecule has 1 aromatic rings. The first-order chi connectivity index (χ1) is 11.8. The lowest BCUT2D eigenvalue weighted by Crippen LogP contribution is -2.48. The van der Waals surface area contributed by atoms with Crippen molar-refractivity contribution in [2.75, 3.05) is 6.61 Å². The Kier molecular flexibility index (Phi) is 5.86. The Morgan fingerprint density at radius 3 is 2.48 bits per heavy atom. The summed E-state index contributed by atoms with van der Waals surface area (Å²) in [4.78, 5) is 35.3. The van der Waals surface area contributed by atoms with Gasteiger partial charge < -0.3 is 10.1 Å². The Hall–Kier alpha value is -2.75. The zero-order valence-electron chi connectivity index (χ0n) is 13.9. The number of ether oxygens (including phenoxy) is 1. The van der Waals surface area contributed by atoms with Gasteiger partial charge in [-0.2, -0.15) is 5.26 Å². The molecule has 1 aliphatic carbocycles. The molecule has 132 valence electrons. The van der Waals surface area contributed by atoms with Crippen LogP contribution in [0.15, 0.2) is 24.3 Å². The number of hydrogen-bond acceptors (Lipinski definition) is 5. The minimum absolute atomic E-state index is 0.0932. The van der Waals surface area contributed by atoms with E-state index in [2.05, 4.69) is 11.4 Å². The number of ketones is 1. The normalized spacial score (nSPS) is 15.6. The zero-order valence-corrected chi connectivity index (χ0v) is 13.9. The van der Waals surface area contributed by atoms with Gasteiger partial charge in [-0.25, -0.2) is 4.39 Å². The number of nitrogens with zero attached hydrogens (tertiary/aromatic N) is 1. The average molecular weight is 346 g/mol. The van der Waals surface area contributed by atoms with E-state index in [0.717, 1.165) is 12.8 Å². The second-order valence-electron chi connectivity index (χ2n) is 6.23. The van der Waals surface area contributed by atoms with Gasteiger partial charge in [0.1, 0.15) is 11.4 Å². The molecular formula is C18H19FN2O4. The van der Waals surface area contributed by atoms with E-state index in [0.29, 0.717) is 5.56 Å². The van der Waals surface area contributed by atoms with Gasteiger partial charge in [0.25, 0.3) is 5.91 Å². The average Bonchev–Trinajstić information content (AvgIpc) is 3.44. The van der Waals surface area contributed by atoms with Crippen molar-refractivity contribution in [3.05, 3.63) is 35.6 Å². The largest absolute Gasteiger partial charge is 0.456 e. The topological polar surface area (TPSA) is 96.3 Å². The third-order valence-electron chi connectivity index (χ3n) is 4.11. The molecule has 0 aromatic heterocycles. The monoisotopic (exact) mass is 346 g/mol. The van der Waals surface area contributed by atoms with Gasteiger partial charge in [0.15, 0.2) is 12.4 Å². The van der Waals surface area contributed by atoms with Crippen LogP contribution in [0.2, 0.25) is 0 Å². The molecule has 2 rings (SSSR count). The molecular weight excluding hydrogens is 327 g/mol. The number of esters is 1. The highest BCUT2D eigenvalue weighted by Crippen LogP contribution is 2.39. The number of Topliss-reactive ketones (excluding diaryl/α,β-unsaturated/α-hetero) is 1. The number of amides is 1. The summed E-state index contributed by atoms with van der Waals surface area (Å²) in [5.41, 5.74) is -0.636. The van der Waals surface area contributed by atoms with Crippen LogP contribution in [0, 0.1) is 23.1 Å². The van der Waals surface area contributed by atoms with Gasteiger partial charge in [0.05, 0.1) is 12.5 Å². The molecule has 1 amide bonds. The van der Waals surface area contributed by atoms with Crippen LogP contribution in [0.25, 0.3) is 0 Å². The highest BCUT2D eigenvalue weighted by molar-refractivity contribution is 5.97. The van der Waals surface area contributed by atoms with E-state index in [4.69, 9.17) is 10.00 Å². The molecule has 0 bridgehead atoms. The van der Waals surface area contributed by atoms with E-state index in [1.54, 1.807) is 6.92 Å². The van der Waals surface area contributed by atoms with Crippen LogP contribution in [0.1, 0.15) is 43.0 Å². The molecule has 0 spiro atoms. The number of halogens is 1. The molecule has 1 atom stereocenters. The first kappa shape index (κ1) is 18.6. The maximum Gasteiger partial charge on any atom is 0.306 e. The van der Waals surface area contributed by atoms with Crippen LogP contribution in [-0.4, -0.2) is 29.8 Å². The molecule has 0 unspecified atom stereocenters. The van der Waals surface area contributed by atoms with Crippen LogP contribution >= 0.6 is 0 Å². The lowest BCUT2D eigenvalue weighted by Gasteiger charge is -2.22. The summed E-state index contributed by atoms with van der Waals surface area (Å²) in [6.45, 7) is 1.15. The van der Waals surface area contributed by atoms with E-state index >= 15 is 0 Å². The number of hydrogen-bond donors (Lipinski definition) is 1. The van der Waals surface area contributed by atoms with E-state index in [9.17, 15) is 18.8 Å². The number of carbonyl (C=O) groups is 3. The van der Waals surface area contributed by atoms with Gasteiger partial charge >= 0.3 is 5.97 Å². The zero-order chi connectivity index (χ0) is 18.4. The van der Waals surface area contributed by atoms with Crippen molar-refractivity contribution in [2.24, 2.45) is 5.92 Å². The molecule has 1 N–H and O–H groups in total. The molecule has 0 saturated heterocycles. The lowest BCUT2D eigenvalue weighted by atomic mass is 9.98. The first-order valence-corrected chi connectivity index (χ1v) is 8.00. The number of carbonyl (C=O) groups excluding carboxylic acids is 3. The maximum absolute atomic E-state index is 12.8. The standard InChI is InChI=1S/C18H19FN2O4/c1-18(11-20,13-4-5-13)21-16(23)10-25-17(24)9-8-15(22)12-2-6-14(19)7-3-12/h2-3,6-7,13H,4-5,8-10H2,1H3,(H,21,23)/t18-/m1/s1. The van der Waals surface area contributed by atoms with Crippen molar-refractivity contribution in [1.29, 1.82) is 5.26 Å². The van der Waals surface area contributed by atoms with E-state index in [1.165, 1.54) is 24.3 Å². The Bertz CT molecular complexity index is 707. The fourth-order valence-corrected chi connectivity index (χ4v) is 2.42. The van der Waals surface area contributed by atoms with E-state index < -0.39 is 29.8 Å². The third-order valence-corrected chi connectivity index (χ3v) is 4.11. The van der Waals surface area contributed by atoms with Gasteiger partial charge in [0, 0.05) is 12.0 Å². The predicted molar refractivity (Wildman–Crippen MR) is 85.8 cm³/mol. The fourth-order valence-electron chi connectivity index (χ4n) is 2.42. The number of rotatable bonds is 8. The minimum atomic E-state index is -0.942. The van der Waals surface area contributed by atoms with Crippen LogP contribution < -0.4 is 5.32 Å². The Balaban J connectivity index is 1.71. The molecule has 1 aliphatic rings. The summed E-state index contributed by atoms with van der Waals surface area (Å²) in [5.74, 6) is -1.86. The molecule has 0 radical (unpaired) electrons. The van der Waals surface area contributed by atoms with Gasteiger partial charge in [-0.05, 0) is 49.9 Å². The Morgan fingerprint density at radius 1 is 1.28 bits per heavy atom. The quantitative estimate of drug-likeness (QED) is 0.575. The highest BCUT2D eigenvalue weighted by atomic mass is 19.1. The summed E-state index contributed by atoms with van der Waals surface area (Å²) in [6, 6.07) is 7.10. The summed E-state index contributed by atoms with van der Waals surface area (Å²) in [6.07, 6.45) is 1.50. The van der Waals surface area contributed by atoms with Crippen molar-refractivity contribution in [2.45, 2.75) is 38.1 Å². The number of nitriles is 1. The van der Waals surface area contributed by atoms with Crippen LogP contribution in [0.3, 0.4) is 0 Å². The fraction of sp³-hybridized carbons (Fsp3) is 0.444. The molecule has 25 heavy (non-hydrogen) atoms. The van der Waals surface area contributed by atoms with Crippen molar-refractivity contribution >= 4 is 17.7 Å². The SMILES string of the molecule is C[C@](C#N)(NC(=O)COC(=O)CCC(=O)c1ccc(F)cc1)C1CC1. The van der Waals surface area contributed by atoms with Gasteiger partial charge in [-0.1, -0.05) is 0 Å². The maximum atomic E-state index is 12.8. The highest BCUT2D eigenvalue weighted by Gasteiger charge is 2.43. The Morgan fingerprint density at radius 2 is 1.92 bits per heavy atom. The Labute approximate surface area is 145 Å². The third kappa shape index (κ3) is 5.38. The molecule has 0 heterocycles. The van der Waals surface area contributed by atoms with Crippen molar-refractivity contribution in [1.82, 2.24) is 5.32 Å². The van der Waals surface area contributed by atoms with Crippen molar-refractivity contribution in [3.8, 4) is 6.07 Å². The minimum Gasteiger partial charge on any atom is -0.456 e. The second kappa shape index (κ2) is 7.88. The van der Waals surface area contributed by atoms with E-state index in [1.807, 2.05) is 0 Å². The smallest absolute Gasteiger partial charge is 0.306 e. The molecule has 1 fully saturated rings. The van der Waals surface area contributed by atoms with Gasteiger partial charge in [0.2, 0.25) is 0 Å². The lowest BCUT2D eigenvalue weighted by molar-refractivity contribution is -0.148. The van der Waals surface area contributed by atoms with Gasteiger partial charge in [-0.15, -0.1) is 0 Å².